The highest BCUT2D eigenvalue weighted by molar-refractivity contribution is 9.10. The number of nitrogens with zero attached hydrogens (tertiary/aromatic N) is 3. The number of hydrogen-bond acceptors (Lipinski definition) is 3. The lowest BCUT2D eigenvalue weighted by molar-refractivity contribution is 0.936. The molecule has 0 amide bonds. The minimum Gasteiger partial charge on any atom is -0.380 e. The molecule has 0 spiro atoms. The van der Waals surface area contributed by atoms with Crippen molar-refractivity contribution in [2.45, 2.75) is 6.54 Å². The third-order valence-electron chi connectivity index (χ3n) is 2.43. The van der Waals surface area contributed by atoms with E-state index in [0.29, 0.717) is 12.1 Å². The molecule has 0 bridgehead atoms. The normalized spacial score (nSPS) is 9.78. The molecule has 0 saturated carbocycles. The fourth-order valence-electron chi connectivity index (χ4n) is 1.53. The van der Waals surface area contributed by atoms with Crippen molar-refractivity contribution in [3.05, 3.63) is 52.8 Å². The molecule has 90 valence electrons. The zero-order chi connectivity index (χ0) is 13.0. The van der Waals surface area contributed by atoms with Crippen LogP contribution in [0.5, 0.6) is 0 Å². The predicted octanol–water partition coefficient (Wildman–Crippen LogP) is 3.23. The zero-order valence-corrected chi connectivity index (χ0v) is 11.2. The largest absolute Gasteiger partial charge is 0.380 e. The van der Waals surface area contributed by atoms with E-state index in [1.165, 1.54) is 0 Å². The summed E-state index contributed by atoms with van der Waals surface area (Å²) >= 11 is 3.39. The highest BCUT2D eigenvalue weighted by Gasteiger charge is 2.03. The van der Waals surface area contributed by atoms with Gasteiger partial charge in [0.2, 0.25) is 0 Å². The molecular weight excluding hydrogens is 292 g/mol. The van der Waals surface area contributed by atoms with Crippen molar-refractivity contribution in [3.8, 4) is 6.07 Å². The molecule has 4 nitrogen and oxygen atoms in total. The molecule has 1 aromatic heterocycles. The quantitative estimate of drug-likeness (QED) is 0.943. The molecule has 0 aliphatic carbocycles. The van der Waals surface area contributed by atoms with E-state index >= 15 is 0 Å². The SMILES string of the molecule is C=Cn1cc(CNc2cc(Br)ccc2C#N)cn1. The van der Waals surface area contributed by atoms with Crippen LogP contribution in [0.25, 0.3) is 6.20 Å². The number of nitrogens with one attached hydrogen (secondary N) is 1. The van der Waals surface area contributed by atoms with Gasteiger partial charge in [0.1, 0.15) is 6.07 Å². The van der Waals surface area contributed by atoms with Gasteiger partial charge in [0.15, 0.2) is 0 Å². The molecule has 0 unspecified atom stereocenters. The van der Waals surface area contributed by atoms with Crippen molar-refractivity contribution in [2.24, 2.45) is 0 Å². The molecule has 0 radical (unpaired) electrons. The number of rotatable bonds is 4. The lowest BCUT2D eigenvalue weighted by atomic mass is 10.2. The third-order valence-corrected chi connectivity index (χ3v) is 2.92. The minimum atomic E-state index is 0.610. The molecule has 0 aliphatic heterocycles. The molecule has 5 heteroatoms. The van der Waals surface area contributed by atoms with Gasteiger partial charge in [-0.2, -0.15) is 10.4 Å². The third kappa shape index (κ3) is 2.79. The van der Waals surface area contributed by atoms with Crippen LogP contribution >= 0.6 is 15.9 Å². The Hall–Kier alpha value is -2.06. The average molecular weight is 303 g/mol. The molecule has 1 heterocycles. The number of halogens is 1. The maximum atomic E-state index is 9.01. The van der Waals surface area contributed by atoms with Gasteiger partial charge >= 0.3 is 0 Å². The molecule has 2 rings (SSSR count). The van der Waals surface area contributed by atoms with E-state index in [2.05, 4.69) is 39.0 Å². The van der Waals surface area contributed by atoms with Crippen LogP contribution in [0, 0.1) is 11.3 Å². The van der Waals surface area contributed by atoms with E-state index in [-0.39, 0.29) is 0 Å². The fourth-order valence-corrected chi connectivity index (χ4v) is 1.89. The smallest absolute Gasteiger partial charge is 0.101 e. The summed E-state index contributed by atoms with van der Waals surface area (Å²) in [6.07, 6.45) is 5.27. The highest BCUT2D eigenvalue weighted by atomic mass is 79.9. The van der Waals surface area contributed by atoms with Gasteiger partial charge in [0.05, 0.1) is 17.4 Å². The Labute approximate surface area is 114 Å². The molecule has 18 heavy (non-hydrogen) atoms. The van der Waals surface area contributed by atoms with E-state index in [4.69, 9.17) is 5.26 Å². The van der Waals surface area contributed by atoms with E-state index in [1.807, 2.05) is 18.3 Å². The summed E-state index contributed by atoms with van der Waals surface area (Å²) in [5, 5.41) is 16.3. The lowest BCUT2D eigenvalue weighted by Crippen LogP contribution is -2.00. The number of anilines is 1. The van der Waals surface area contributed by atoms with Crippen LogP contribution in [0.1, 0.15) is 11.1 Å². The van der Waals surface area contributed by atoms with Crippen LogP contribution in [-0.2, 0) is 6.54 Å². The summed E-state index contributed by atoms with van der Waals surface area (Å²) in [4.78, 5) is 0. The van der Waals surface area contributed by atoms with Gasteiger partial charge in [0.25, 0.3) is 0 Å². The zero-order valence-electron chi connectivity index (χ0n) is 9.60. The summed E-state index contributed by atoms with van der Waals surface area (Å²) < 4.78 is 2.58. The van der Waals surface area contributed by atoms with Crippen molar-refractivity contribution >= 4 is 27.8 Å². The maximum absolute atomic E-state index is 9.01. The van der Waals surface area contributed by atoms with Crippen molar-refractivity contribution in [2.75, 3.05) is 5.32 Å². The Kier molecular flexibility index (Phi) is 3.80. The number of hydrogen-bond donors (Lipinski definition) is 1. The van der Waals surface area contributed by atoms with Crippen molar-refractivity contribution in [1.29, 1.82) is 5.26 Å². The molecule has 1 aromatic carbocycles. The first-order valence-electron chi connectivity index (χ1n) is 5.32. The summed E-state index contributed by atoms with van der Waals surface area (Å²) in [5.74, 6) is 0. The van der Waals surface area contributed by atoms with E-state index in [0.717, 1.165) is 15.7 Å². The number of nitriles is 1. The molecule has 0 aliphatic rings. The van der Waals surface area contributed by atoms with E-state index < -0.39 is 0 Å². The van der Waals surface area contributed by atoms with Crippen molar-refractivity contribution in [3.63, 3.8) is 0 Å². The monoisotopic (exact) mass is 302 g/mol. The lowest BCUT2D eigenvalue weighted by Gasteiger charge is -2.07. The van der Waals surface area contributed by atoms with Crippen LogP contribution in [-0.4, -0.2) is 9.78 Å². The van der Waals surface area contributed by atoms with E-state index in [1.54, 1.807) is 23.1 Å². The van der Waals surface area contributed by atoms with Crippen LogP contribution in [0.2, 0.25) is 0 Å². The standard InChI is InChI=1S/C13H11BrN4/c1-2-18-9-10(8-17-18)7-16-13-5-12(14)4-3-11(13)6-15/h2-5,8-9,16H,1,7H2. The van der Waals surface area contributed by atoms with Gasteiger partial charge in [-0.05, 0) is 18.2 Å². The summed E-state index contributed by atoms with van der Waals surface area (Å²) in [5.41, 5.74) is 2.45. The minimum absolute atomic E-state index is 0.610. The second-order valence-corrected chi connectivity index (χ2v) is 4.58. The second kappa shape index (κ2) is 5.52. The Bertz CT molecular complexity index is 610. The number of aromatic nitrogens is 2. The molecule has 2 aromatic rings. The van der Waals surface area contributed by atoms with Crippen LogP contribution in [0.15, 0.2) is 41.6 Å². The van der Waals surface area contributed by atoms with Gasteiger partial charge in [-0.3, -0.25) is 0 Å². The number of benzene rings is 1. The fraction of sp³-hybridized carbons (Fsp3) is 0.0769. The van der Waals surface area contributed by atoms with E-state index in [9.17, 15) is 0 Å². The van der Waals surface area contributed by atoms with Crippen LogP contribution < -0.4 is 5.32 Å². The second-order valence-electron chi connectivity index (χ2n) is 3.67. The first kappa shape index (κ1) is 12.4. The highest BCUT2D eigenvalue weighted by Crippen LogP contribution is 2.21. The van der Waals surface area contributed by atoms with Crippen molar-refractivity contribution < 1.29 is 0 Å². The van der Waals surface area contributed by atoms with Crippen LogP contribution in [0.4, 0.5) is 5.69 Å². The van der Waals surface area contributed by atoms with Crippen LogP contribution in [0.3, 0.4) is 0 Å². The Morgan fingerprint density at radius 1 is 1.56 bits per heavy atom. The van der Waals surface area contributed by atoms with Gasteiger partial charge in [-0.1, -0.05) is 22.5 Å². The van der Waals surface area contributed by atoms with Gasteiger partial charge in [-0.15, -0.1) is 0 Å². The average Bonchev–Trinajstić information content (AvgIpc) is 2.84. The molecule has 0 fully saturated rings. The maximum Gasteiger partial charge on any atom is 0.101 e. The van der Waals surface area contributed by atoms with Gasteiger partial charge < -0.3 is 5.32 Å². The molecule has 0 saturated heterocycles. The summed E-state index contributed by atoms with van der Waals surface area (Å²) in [6, 6.07) is 7.66. The topological polar surface area (TPSA) is 53.6 Å². The van der Waals surface area contributed by atoms with Crippen molar-refractivity contribution in [1.82, 2.24) is 9.78 Å². The predicted molar refractivity (Wildman–Crippen MR) is 74.8 cm³/mol. The Morgan fingerprint density at radius 3 is 3.06 bits per heavy atom. The Morgan fingerprint density at radius 2 is 2.39 bits per heavy atom. The Balaban J connectivity index is 2.12. The molecule has 1 N–H and O–H groups in total. The van der Waals surface area contributed by atoms with Gasteiger partial charge in [0, 0.05) is 29.0 Å². The summed E-state index contributed by atoms with van der Waals surface area (Å²) in [7, 11) is 0. The summed E-state index contributed by atoms with van der Waals surface area (Å²) in [6.45, 7) is 4.24. The van der Waals surface area contributed by atoms with Gasteiger partial charge in [-0.25, -0.2) is 4.68 Å². The first-order chi connectivity index (χ1) is 8.72. The first-order valence-corrected chi connectivity index (χ1v) is 6.11. The molecular formula is C13H11BrN4. The molecule has 0 atom stereocenters.